The Morgan fingerprint density at radius 3 is 2.53 bits per heavy atom. The summed E-state index contributed by atoms with van der Waals surface area (Å²) in [6.07, 6.45) is -5.13. The number of thiocarbonyl (C=S) groups is 1. The van der Waals surface area contributed by atoms with Gasteiger partial charge in [-0.25, -0.2) is 4.79 Å². The zero-order valence-corrected chi connectivity index (χ0v) is 22.1. The maximum absolute atomic E-state index is 13.4. The molecule has 0 radical (unpaired) electrons. The number of alkyl carbamates (subject to hydrolysis) is 1. The molecule has 38 heavy (non-hydrogen) atoms. The lowest BCUT2D eigenvalue weighted by Crippen LogP contribution is -2.34. The van der Waals surface area contributed by atoms with Crippen LogP contribution in [0.1, 0.15) is 49.3 Å². The van der Waals surface area contributed by atoms with E-state index in [4.69, 9.17) is 22.7 Å². The van der Waals surface area contributed by atoms with Gasteiger partial charge in [0.1, 0.15) is 0 Å². The van der Waals surface area contributed by atoms with E-state index in [0.29, 0.717) is 29.0 Å². The van der Waals surface area contributed by atoms with Gasteiger partial charge in [0.05, 0.1) is 35.1 Å². The van der Waals surface area contributed by atoms with Crippen LogP contribution in [0.4, 0.5) is 29.3 Å². The van der Waals surface area contributed by atoms with E-state index in [9.17, 15) is 27.9 Å². The maximum atomic E-state index is 13.4. The largest absolute Gasteiger partial charge is 0.450 e. The first-order chi connectivity index (χ1) is 18.0. The number of alkyl halides is 3. The highest BCUT2D eigenvalue weighted by Gasteiger charge is 2.31. The van der Waals surface area contributed by atoms with Gasteiger partial charge in [0.2, 0.25) is 5.91 Å². The second-order valence-corrected chi connectivity index (χ2v) is 8.96. The highest BCUT2D eigenvalue weighted by Crippen LogP contribution is 2.33. The SMILES string of the molecule is CCOC(=O)NCc1ccc(N)c(NC(=S)CC(CC(=O)N(CC)CCO)c2cccc(C(F)(F)F)c2)c1. The van der Waals surface area contributed by atoms with Gasteiger partial charge >= 0.3 is 12.3 Å². The van der Waals surface area contributed by atoms with E-state index in [-0.39, 0.29) is 50.0 Å². The molecule has 2 aromatic rings. The number of rotatable bonds is 12. The van der Waals surface area contributed by atoms with Crippen LogP contribution in [0.5, 0.6) is 0 Å². The fourth-order valence-corrected chi connectivity index (χ4v) is 4.11. The van der Waals surface area contributed by atoms with Gasteiger partial charge in [-0.05, 0) is 49.1 Å². The number of carbonyl (C=O) groups excluding carboxylic acids is 2. The number of hydrogen-bond acceptors (Lipinski definition) is 6. The summed E-state index contributed by atoms with van der Waals surface area (Å²) in [6, 6.07) is 9.88. The highest BCUT2D eigenvalue weighted by molar-refractivity contribution is 7.80. The third-order valence-electron chi connectivity index (χ3n) is 5.75. The number of amides is 2. The molecule has 0 aliphatic carbocycles. The number of anilines is 2. The first-order valence-electron chi connectivity index (χ1n) is 12.1. The molecular formula is C26H33F3N4O4S. The summed E-state index contributed by atoms with van der Waals surface area (Å²) in [4.78, 5) is 26.2. The minimum absolute atomic E-state index is 0.0732. The Hall–Kier alpha value is -3.38. The molecule has 8 nitrogen and oxygen atoms in total. The van der Waals surface area contributed by atoms with Crippen LogP contribution < -0.4 is 16.4 Å². The number of nitrogen functional groups attached to an aromatic ring is 1. The molecule has 0 saturated heterocycles. The summed E-state index contributed by atoms with van der Waals surface area (Å²) in [5, 5.41) is 14.9. The summed E-state index contributed by atoms with van der Waals surface area (Å²) in [6.45, 7) is 4.11. The Bertz CT molecular complexity index is 1110. The molecule has 0 aliphatic heterocycles. The van der Waals surface area contributed by atoms with Crippen LogP contribution >= 0.6 is 12.2 Å². The van der Waals surface area contributed by atoms with Gasteiger partial charge in [-0.3, -0.25) is 4.79 Å². The molecule has 2 aromatic carbocycles. The summed E-state index contributed by atoms with van der Waals surface area (Å²) in [5.74, 6) is -0.967. The van der Waals surface area contributed by atoms with Gasteiger partial charge < -0.3 is 31.1 Å². The van der Waals surface area contributed by atoms with E-state index in [1.54, 1.807) is 32.0 Å². The smallest absolute Gasteiger partial charge is 0.416 e. The fraction of sp³-hybridized carbons (Fsp3) is 0.423. The number of hydrogen-bond donors (Lipinski definition) is 4. The van der Waals surface area contributed by atoms with E-state index in [1.165, 1.54) is 17.0 Å². The first kappa shape index (κ1) is 30.8. The van der Waals surface area contributed by atoms with E-state index in [0.717, 1.165) is 12.1 Å². The highest BCUT2D eigenvalue weighted by atomic mass is 32.1. The third kappa shape index (κ3) is 9.49. The monoisotopic (exact) mass is 554 g/mol. The molecule has 12 heteroatoms. The molecule has 0 aliphatic rings. The van der Waals surface area contributed by atoms with Crippen molar-refractivity contribution < 1.29 is 32.6 Å². The standard InChI is InChI=1S/C26H33F3N4O4S/c1-3-33(10-11-34)24(35)15-19(18-6-5-7-20(13-18)26(27,28)29)14-23(38)32-22-12-17(8-9-21(22)30)16-31-25(36)37-4-2/h5-9,12-13,19,34H,3-4,10-11,14-16,30H2,1-2H3,(H,31,36)(H,32,38). The molecule has 0 fully saturated rings. The zero-order chi connectivity index (χ0) is 28.3. The molecule has 1 atom stereocenters. The van der Waals surface area contributed by atoms with Crippen molar-refractivity contribution in [3.8, 4) is 0 Å². The van der Waals surface area contributed by atoms with Crippen molar-refractivity contribution >= 4 is 40.6 Å². The number of nitrogens with zero attached hydrogens (tertiary/aromatic N) is 1. The lowest BCUT2D eigenvalue weighted by atomic mass is 9.90. The van der Waals surface area contributed by atoms with E-state index in [2.05, 4.69) is 10.6 Å². The quantitative estimate of drug-likeness (QED) is 0.222. The number of ether oxygens (including phenoxy) is 1. The van der Waals surface area contributed by atoms with Crippen molar-refractivity contribution in [2.24, 2.45) is 0 Å². The second kappa shape index (κ2) is 14.5. The lowest BCUT2D eigenvalue weighted by molar-refractivity contribution is -0.137. The number of nitrogens with one attached hydrogen (secondary N) is 2. The number of halogens is 3. The van der Waals surface area contributed by atoms with Crippen LogP contribution in [0.2, 0.25) is 0 Å². The zero-order valence-electron chi connectivity index (χ0n) is 21.3. The molecular weight excluding hydrogens is 521 g/mol. The Morgan fingerprint density at radius 1 is 1.16 bits per heavy atom. The molecule has 0 heterocycles. The molecule has 1 unspecified atom stereocenters. The van der Waals surface area contributed by atoms with Crippen molar-refractivity contribution in [1.29, 1.82) is 0 Å². The molecule has 0 spiro atoms. The van der Waals surface area contributed by atoms with Crippen molar-refractivity contribution in [3.63, 3.8) is 0 Å². The summed E-state index contributed by atoms with van der Waals surface area (Å²) in [5.41, 5.74) is 7.12. The van der Waals surface area contributed by atoms with Gasteiger partial charge in [0.15, 0.2) is 0 Å². The number of aliphatic hydroxyl groups excluding tert-OH is 1. The van der Waals surface area contributed by atoms with Crippen molar-refractivity contribution in [3.05, 3.63) is 59.2 Å². The van der Waals surface area contributed by atoms with Crippen molar-refractivity contribution in [2.75, 3.05) is 37.4 Å². The second-order valence-electron chi connectivity index (χ2n) is 8.47. The first-order valence-corrected chi connectivity index (χ1v) is 12.5. The molecule has 0 saturated carbocycles. The van der Waals surface area contributed by atoms with Gasteiger partial charge in [0.25, 0.3) is 0 Å². The van der Waals surface area contributed by atoms with Crippen LogP contribution in [0, 0.1) is 0 Å². The Kier molecular flexibility index (Phi) is 11.8. The van der Waals surface area contributed by atoms with E-state index < -0.39 is 23.8 Å². The van der Waals surface area contributed by atoms with Crippen LogP contribution in [0.3, 0.4) is 0 Å². The van der Waals surface area contributed by atoms with Crippen LogP contribution in [0.25, 0.3) is 0 Å². The summed E-state index contributed by atoms with van der Waals surface area (Å²) >= 11 is 5.52. The molecule has 2 rings (SSSR count). The Labute approximate surface area is 225 Å². The molecule has 0 aromatic heterocycles. The van der Waals surface area contributed by atoms with Gasteiger partial charge in [-0.2, -0.15) is 13.2 Å². The number of benzene rings is 2. The predicted octanol–water partition coefficient (Wildman–Crippen LogP) is 4.68. The minimum atomic E-state index is -4.54. The summed E-state index contributed by atoms with van der Waals surface area (Å²) in [7, 11) is 0. The molecule has 208 valence electrons. The maximum Gasteiger partial charge on any atom is 0.416 e. The van der Waals surface area contributed by atoms with E-state index in [1.807, 2.05) is 0 Å². The predicted molar refractivity (Wildman–Crippen MR) is 144 cm³/mol. The van der Waals surface area contributed by atoms with Crippen molar-refractivity contribution in [2.45, 2.75) is 45.3 Å². The number of carbonyl (C=O) groups is 2. The topological polar surface area (TPSA) is 117 Å². The Morgan fingerprint density at radius 2 is 1.89 bits per heavy atom. The molecule has 5 N–H and O–H groups in total. The number of aliphatic hydroxyl groups is 1. The lowest BCUT2D eigenvalue weighted by Gasteiger charge is -2.25. The fourth-order valence-electron chi connectivity index (χ4n) is 3.80. The minimum Gasteiger partial charge on any atom is -0.450 e. The van der Waals surface area contributed by atoms with Crippen LogP contribution in [0.15, 0.2) is 42.5 Å². The average molecular weight is 555 g/mol. The summed E-state index contributed by atoms with van der Waals surface area (Å²) < 4.78 is 45.0. The number of likely N-dealkylation sites (N-methyl/N-ethyl adjacent to an activating group) is 1. The van der Waals surface area contributed by atoms with Crippen molar-refractivity contribution in [1.82, 2.24) is 10.2 Å². The van der Waals surface area contributed by atoms with E-state index >= 15 is 0 Å². The van der Waals surface area contributed by atoms with Crippen LogP contribution in [-0.2, 0) is 22.3 Å². The normalized spacial score (nSPS) is 11.9. The Balaban J connectivity index is 2.25. The third-order valence-corrected chi connectivity index (χ3v) is 6.02. The van der Waals surface area contributed by atoms with Crippen LogP contribution in [-0.4, -0.2) is 53.3 Å². The van der Waals surface area contributed by atoms with Gasteiger partial charge in [-0.1, -0.05) is 36.5 Å². The van der Waals surface area contributed by atoms with Gasteiger partial charge in [-0.15, -0.1) is 0 Å². The molecule has 2 amide bonds. The van der Waals surface area contributed by atoms with Gasteiger partial charge in [0, 0.05) is 32.5 Å². The average Bonchev–Trinajstić information content (AvgIpc) is 2.87. The number of nitrogens with two attached hydrogens (primary N) is 1. The molecule has 0 bridgehead atoms.